The number of carbonyl (C=O) groups is 1. The molecule has 1 aromatic heterocycles. The first kappa shape index (κ1) is 14.5. The zero-order chi connectivity index (χ0) is 13.4. The first-order chi connectivity index (χ1) is 8.67. The van der Waals surface area contributed by atoms with E-state index in [9.17, 15) is 4.79 Å². The molecule has 0 aliphatic heterocycles. The van der Waals surface area contributed by atoms with Crippen molar-refractivity contribution in [3.05, 3.63) is 24.0 Å². The number of carboxylic acids is 1. The van der Waals surface area contributed by atoms with Crippen LogP contribution in [0.1, 0.15) is 56.4 Å². The average Bonchev–Trinajstić information content (AvgIpc) is 2.36. The van der Waals surface area contributed by atoms with E-state index in [0.29, 0.717) is 6.04 Å². The standard InChI is InChI=1S/C14H22N2O2/c1-3-5-7-11(6-4-2)16-12-8-9-15-13(10-12)14(17)18/h8-11H,3-7H2,1-2H3,(H,15,16)(H,17,18). The predicted octanol–water partition coefficient (Wildman–Crippen LogP) is 3.55. The van der Waals surface area contributed by atoms with E-state index in [4.69, 9.17) is 5.11 Å². The topological polar surface area (TPSA) is 62.2 Å². The Morgan fingerprint density at radius 3 is 2.78 bits per heavy atom. The van der Waals surface area contributed by atoms with Gasteiger partial charge in [0.1, 0.15) is 5.69 Å². The highest BCUT2D eigenvalue weighted by molar-refractivity contribution is 5.86. The Labute approximate surface area is 108 Å². The molecule has 1 atom stereocenters. The van der Waals surface area contributed by atoms with E-state index in [0.717, 1.165) is 24.9 Å². The summed E-state index contributed by atoms with van der Waals surface area (Å²) in [7, 11) is 0. The van der Waals surface area contributed by atoms with Crippen molar-refractivity contribution in [1.82, 2.24) is 4.98 Å². The summed E-state index contributed by atoms with van der Waals surface area (Å²) < 4.78 is 0. The molecule has 2 N–H and O–H groups in total. The largest absolute Gasteiger partial charge is 0.477 e. The molecule has 1 unspecified atom stereocenters. The second kappa shape index (κ2) is 7.69. The van der Waals surface area contributed by atoms with Crippen molar-refractivity contribution in [3.8, 4) is 0 Å². The van der Waals surface area contributed by atoms with Gasteiger partial charge < -0.3 is 10.4 Å². The minimum atomic E-state index is -0.987. The van der Waals surface area contributed by atoms with Crippen LogP contribution in [0.15, 0.2) is 18.3 Å². The fraction of sp³-hybridized carbons (Fsp3) is 0.571. The lowest BCUT2D eigenvalue weighted by atomic mass is 10.0. The van der Waals surface area contributed by atoms with E-state index >= 15 is 0 Å². The van der Waals surface area contributed by atoms with Gasteiger partial charge in [-0.25, -0.2) is 9.78 Å². The van der Waals surface area contributed by atoms with Crippen LogP contribution in [0.3, 0.4) is 0 Å². The molecule has 0 amide bonds. The summed E-state index contributed by atoms with van der Waals surface area (Å²) in [6.07, 6.45) is 7.25. The lowest BCUT2D eigenvalue weighted by Crippen LogP contribution is -2.19. The number of hydrogen-bond donors (Lipinski definition) is 2. The lowest BCUT2D eigenvalue weighted by molar-refractivity contribution is 0.0690. The van der Waals surface area contributed by atoms with Crippen LogP contribution < -0.4 is 5.32 Å². The van der Waals surface area contributed by atoms with Crippen LogP contribution in [0, 0.1) is 0 Å². The molecule has 0 aliphatic carbocycles. The molecule has 1 heterocycles. The maximum atomic E-state index is 10.8. The third-order valence-corrected chi connectivity index (χ3v) is 2.89. The molecule has 0 bridgehead atoms. The smallest absolute Gasteiger partial charge is 0.354 e. The van der Waals surface area contributed by atoms with Gasteiger partial charge in [-0.05, 0) is 25.0 Å². The zero-order valence-electron chi connectivity index (χ0n) is 11.1. The molecule has 0 saturated carbocycles. The van der Waals surface area contributed by atoms with Crippen LogP contribution in [0.5, 0.6) is 0 Å². The van der Waals surface area contributed by atoms with Crippen LogP contribution in [-0.4, -0.2) is 22.1 Å². The third-order valence-electron chi connectivity index (χ3n) is 2.89. The highest BCUT2D eigenvalue weighted by Gasteiger charge is 2.09. The molecule has 0 fully saturated rings. The molecule has 0 radical (unpaired) electrons. The molecular formula is C14H22N2O2. The number of nitrogens with zero attached hydrogens (tertiary/aromatic N) is 1. The first-order valence-electron chi connectivity index (χ1n) is 6.63. The minimum absolute atomic E-state index is 0.0886. The van der Waals surface area contributed by atoms with Crippen molar-refractivity contribution < 1.29 is 9.90 Å². The number of carboxylic acid groups (broad SMARTS) is 1. The number of hydrogen-bond acceptors (Lipinski definition) is 3. The summed E-state index contributed by atoms with van der Waals surface area (Å²) in [6.45, 7) is 4.34. The fourth-order valence-electron chi connectivity index (χ4n) is 1.96. The van der Waals surface area contributed by atoms with Gasteiger partial charge in [-0.2, -0.15) is 0 Å². The van der Waals surface area contributed by atoms with Crippen molar-refractivity contribution in [1.29, 1.82) is 0 Å². The van der Waals surface area contributed by atoms with Crippen LogP contribution in [-0.2, 0) is 0 Å². The summed E-state index contributed by atoms with van der Waals surface area (Å²) in [4.78, 5) is 14.7. The van der Waals surface area contributed by atoms with Gasteiger partial charge in [-0.1, -0.05) is 33.1 Å². The van der Waals surface area contributed by atoms with E-state index in [1.54, 1.807) is 6.07 Å². The maximum Gasteiger partial charge on any atom is 0.354 e. The second-order valence-corrected chi connectivity index (χ2v) is 4.51. The third kappa shape index (κ3) is 4.73. The summed E-state index contributed by atoms with van der Waals surface area (Å²) in [5.74, 6) is -0.987. The van der Waals surface area contributed by atoms with Gasteiger partial charge in [-0.15, -0.1) is 0 Å². The Balaban J connectivity index is 2.67. The maximum absolute atomic E-state index is 10.8. The molecule has 0 saturated heterocycles. The average molecular weight is 250 g/mol. The van der Waals surface area contributed by atoms with Crippen LogP contribution in [0.25, 0.3) is 0 Å². The summed E-state index contributed by atoms with van der Waals surface area (Å²) in [6, 6.07) is 3.83. The molecule has 4 heteroatoms. The van der Waals surface area contributed by atoms with Crippen LogP contribution in [0.4, 0.5) is 5.69 Å². The highest BCUT2D eigenvalue weighted by Crippen LogP contribution is 2.15. The monoisotopic (exact) mass is 250 g/mol. The van der Waals surface area contributed by atoms with Crippen LogP contribution in [0.2, 0.25) is 0 Å². The zero-order valence-corrected chi connectivity index (χ0v) is 11.1. The van der Waals surface area contributed by atoms with Gasteiger partial charge in [0.15, 0.2) is 0 Å². The van der Waals surface area contributed by atoms with E-state index in [1.807, 2.05) is 6.07 Å². The van der Waals surface area contributed by atoms with E-state index in [2.05, 4.69) is 24.1 Å². The number of unbranched alkanes of at least 4 members (excludes halogenated alkanes) is 1. The van der Waals surface area contributed by atoms with Gasteiger partial charge in [0.05, 0.1) is 0 Å². The number of nitrogens with one attached hydrogen (secondary N) is 1. The molecule has 4 nitrogen and oxygen atoms in total. The number of anilines is 1. The Kier molecular flexibility index (Phi) is 6.19. The molecule has 0 aromatic carbocycles. The summed E-state index contributed by atoms with van der Waals surface area (Å²) >= 11 is 0. The van der Waals surface area contributed by atoms with E-state index in [1.165, 1.54) is 19.0 Å². The van der Waals surface area contributed by atoms with Crippen molar-refractivity contribution >= 4 is 11.7 Å². The SMILES string of the molecule is CCCCC(CCC)Nc1ccnc(C(=O)O)c1. The van der Waals surface area contributed by atoms with Crippen molar-refractivity contribution in [2.45, 2.75) is 52.0 Å². The quantitative estimate of drug-likeness (QED) is 0.740. The number of aromatic nitrogens is 1. The Morgan fingerprint density at radius 1 is 1.39 bits per heavy atom. The molecule has 0 spiro atoms. The van der Waals surface area contributed by atoms with Crippen molar-refractivity contribution in [2.75, 3.05) is 5.32 Å². The molecule has 1 rings (SSSR count). The molecule has 18 heavy (non-hydrogen) atoms. The van der Waals surface area contributed by atoms with Gasteiger partial charge in [0.2, 0.25) is 0 Å². The molecule has 1 aromatic rings. The first-order valence-corrected chi connectivity index (χ1v) is 6.63. The Bertz CT molecular complexity index is 380. The second-order valence-electron chi connectivity index (χ2n) is 4.51. The Morgan fingerprint density at radius 2 is 2.17 bits per heavy atom. The van der Waals surface area contributed by atoms with E-state index in [-0.39, 0.29) is 5.69 Å². The number of pyridine rings is 1. The van der Waals surface area contributed by atoms with Crippen molar-refractivity contribution in [3.63, 3.8) is 0 Å². The van der Waals surface area contributed by atoms with Gasteiger partial charge in [0, 0.05) is 17.9 Å². The molecular weight excluding hydrogens is 228 g/mol. The van der Waals surface area contributed by atoms with Gasteiger partial charge >= 0.3 is 5.97 Å². The number of aromatic carboxylic acids is 1. The van der Waals surface area contributed by atoms with E-state index < -0.39 is 5.97 Å². The minimum Gasteiger partial charge on any atom is -0.477 e. The summed E-state index contributed by atoms with van der Waals surface area (Å²) in [5.41, 5.74) is 0.933. The van der Waals surface area contributed by atoms with Gasteiger partial charge in [0.25, 0.3) is 0 Å². The normalized spacial score (nSPS) is 12.1. The van der Waals surface area contributed by atoms with Crippen molar-refractivity contribution in [2.24, 2.45) is 0 Å². The fourth-order valence-corrected chi connectivity index (χ4v) is 1.96. The predicted molar refractivity (Wildman–Crippen MR) is 73.0 cm³/mol. The van der Waals surface area contributed by atoms with Crippen LogP contribution >= 0.6 is 0 Å². The lowest BCUT2D eigenvalue weighted by Gasteiger charge is -2.19. The Hall–Kier alpha value is -1.58. The molecule has 0 aliphatic rings. The number of rotatable bonds is 8. The molecule has 100 valence electrons. The highest BCUT2D eigenvalue weighted by atomic mass is 16.4. The van der Waals surface area contributed by atoms with Gasteiger partial charge in [-0.3, -0.25) is 0 Å². The summed E-state index contributed by atoms with van der Waals surface area (Å²) in [5, 5.41) is 12.3.